The topological polar surface area (TPSA) is 182 Å². The van der Waals surface area contributed by atoms with Crippen molar-refractivity contribution in [3.8, 4) is 34.5 Å². The molecule has 266 valence electrons. The first-order valence-corrected chi connectivity index (χ1v) is 18.8. The number of benzene rings is 4. The van der Waals surface area contributed by atoms with Gasteiger partial charge in [-0.25, -0.2) is 0 Å². The van der Waals surface area contributed by atoms with E-state index in [2.05, 4.69) is 101 Å². The standard InChI is InChI=1S/C34H27Br5N4O8/c35-20-7-16-1-2-27(20)50-28-14-17(8-21(36)30(28)44)4-6-41-33(46)25(42-48)12-18-10-23(38)32(24(39)11-18)51-29-15-19(9-22(37)31(29)45)13-26(43-49)34(47)40-5-3-16/h1-2,7-11,14-15,44-45,48-49H,3-6,12-13H2,(H,40,47)(H,41,46)/b42-25+,43-26+/i5D. The highest BCUT2D eigenvalue weighted by Crippen LogP contribution is 2.44. The normalized spacial score (nSPS) is 17.9. The Morgan fingerprint density at radius 2 is 1.12 bits per heavy atom. The number of amides is 2. The van der Waals surface area contributed by atoms with Crippen LogP contribution in [0.3, 0.4) is 0 Å². The smallest absolute Gasteiger partial charge is 0.269 e. The van der Waals surface area contributed by atoms with E-state index in [-0.39, 0.29) is 70.5 Å². The van der Waals surface area contributed by atoms with Gasteiger partial charge in [0, 0.05) is 27.3 Å². The van der Waals surface area contributed by atoms with Crippen molar-refractivity contribution in [2.24, 2.45) is 10.3 Å². The van der Waals surface area contributed by atoms with Gasteiger partial charge in [0.2, 0.25) is 0 Å². The Labute approximate surface area is 335 Å². The molecule has 4 aromatic rings. The Bertz CT molecular complexity index is 2090. The van der Waals surface area contributed by atoms with E-state index in [1.807, 2.05) is 0 Å². The molecule has 0 aliphatic carbocycles. The molecule has 6 N–H and O–H groups in total. The van der Waals surface area contributed by atoms with Crippen LogP contribution in [0, 0.1) is 0 Å². The average Bonchev–Trinajstić information content (AvgIpc) is 3.08. The van der Waals surface area contributed by atoms with Crippen LogP contribution in [0.2, 0.25) is 0 Å². The van der Waals surface area contributed by atoms with Crippen LogP contribution >= 0.6 is 79.6 Å². The molecular weight excluding hydrogens is 992 g/mol. The van der Waals surface area contributed by atoms with E-state index in [1.165, 1.54) is 12.1 Å². The molecular formula is C34H27Br5N4O8. The maximum Gasteiger partial charge on any atom is 0.269 e. The van der Waals surface area contributed by atoms with Crippen molar-refractivity contribution in [1.82, 2.24) is 10.6 Å². The largest absolute Gasteiger partial charge is 0.503 e. The number of nitrogens with one attached hydrogen (secondary N) is 2. The van der Waals surface area contributed by atoms with Gasteiger partial charge in [-0.1, -0.05) is 16.4 Å². The number of nitrogens with zero attached hydrogens (tertiary/aromatic N) is 2. The first-order chi connectivity index (χ1) is 24.8. The molecule has 0 fully saturated rings. The van der Waals surface area contributed by atoms with Crippen molar-refractivity contribution < 1.29 is 41.1 Å². The average molecular weight is 1020 g/mol. The zero-order valence-electron chi connectivity index (χ0n) is 27.0. The number of hydrogen-bond donors (Lipinski definition) is 6. The maximum absolute atomic E-state index is 13.1. The van der Waals surface area contributed by atoms with Crippen LogP contribution < -0.4 is 20.1 Å². The summed E-state index contributed by atoms with van der Waals surface area (Å²) in [5.74, 6) is -0.976. The first-order valence-electron chi connectivity index (χ1n) is 15.4. The molecule has 4 aromatic carbocycles. The fourth-order valence-corrected chi connectivity index (χ4v) is 7.86. The number of carbonyl (C=O) groups excluding carboxylic acids is 2. The molecule has 4 heterocycles. The number of halogens is 5. The van der Waals surface area contributed by atoms with Crippen LogP contribution in [0.4, 0.5) is 0 Å². The molecule has 4 aliphatic rings. The zero-order chi connectivity index (χ0) is 37.7. The van der Waals surface area contributed by atoms with Crippen molar-refractivity contribution in [2.45, 2.75) is 25.7 Å². The van der Waals surface area contributed by atoms with Crippen LogP contribution in [0.25, 0.3) is 0 Å². The van der Waals surface area contributed by atoms with E-state index < -0.39 is 18.3 Å². The van der Waals surface area contributed by atoms with Crippen LogP contribution in [0.5, 0.6) is 34.5 Å². The van der Waals surface area contributed by atoms with Gasteiger partial charge in [-0.15, -0.1) is 0 Å². The highest BCUT2D eigenvalue weighted by atomic mass is 79.9. The second kappa shape index (κ2) is 17.3. The lowest BCUT2D eigenvalue weighted by Gasteiger charge is -2.16. The highest BCUT2D eigenvalue weighted by molar-refractivity contribution is 9.11. The van der Waals surface area contributed by atoms with Crippen molar-refractivity contribution in [2.75, 3.05) is 13.1 Å². The van der Waals surface area contributed by atoms with Gasteiger partial charge in [0.15, 0.2) is 28.7 Å². The number of hydrogen-bond acceptors (Lipinski definition) is 10. The summed E-state index contributed by atoms with van der Waals surface area (Å²) >= 11 is 17.1. The number of phenols is 2. The van der Waals surface area contributed by atoms with Crippen molar-refractivity contribution in [3.05, 3.63) is 99.2 Å². The van der Waals surface area contributed by atoms with E-state index in [9.17, 15) is 30.2 Å². The number of oxime groups is 2. The molecule has 51 heavy (non-hydrogen) atoms. The molecule has 0 radical (unpaired) electrons. The van der Waals surface area contributed by atoms with E-state index in [1.54, 1.807) is 42.5 Å². The van der Waals surface area contributed by atoms with Crippen molar-refractivity contribution in [1.29, 1.82) is 0 Å². The quantitative estimate of drug-likeness (QED) is 0.0752. The fraction of sp³-hybridized carbons (Fsp3) is 0.176. The third kappa shape index (κ3) is 9.62. The lowest BCUT2D eigenvalue weighted by Crippen LogP contribution is -2.33. The minimum atomic E-state index is -1.12. The number of ether oxygens (including phenoxy) is 2. The summed E-state index contributed by atoms with van der Waals surface area (Å²) < 4.78 is 22.6. The third-order valence-electron chi connectivity index (χ3n) is 7.44. The van der Waals surface area contributed by atoms with Gasteiger partial charge in [-0.05, 0) is 163 Å². The summed E-state index contributed by atoms with van der Waals surface area (Å²) in [5, 5.41) is 52.6. The van der Waals surface area contributed by atoms with Crippen LogP contribution in [0.1, 0.15) is 23.6 Å². The second-order valence-corrected chi connectivity index (χ2v) is 15.3. The monoisotopic (exact) mass is 1010 g/mol. The minimum Gasteiger partial charge on any atom is -0.503 e. The van der Waals surface area contributed by atoms with Gasteiger partial charge in [-0.3, -0.25) is 9.59 Å². The molecule has 12 nitrogen and oxygen atoms in total. The molecule has 4 aliphatic heterocycles. The molecule has 8 bridgehead atoms. The van der Waals surface area contributed by atoms with Crippen LogP contribution in [-0.2, 0) is 35.3 Å². The van der Waals surface area contributed by atoms with E-state index in [0.717, 1.165) is 0 Å². The van der Waals surface area contributed by atoms with Gasteiger partial charge in [0.05, 0.1) is 22.4 Å². The highest BCUT2D eigenvalue weighted by Gasteiger charge is 2.21. The molecule has 0 saturated carbocycles. The Balaban J connectivity index is 1.49. The lowest BCUT2D eigenvalue weighted by atomic mass is 10.1. The summed E-state index contributed by atoms with van der Waals surface area (Å²) in [5.41, 5.74) is 1.95. The van der Waals surface area contributed by atoms with E-state index >= 15 is 0 Å². The molecule has 0 spiro atoms. The number of rotatable bonds is 0. The summed E-state index contributed by atoms with van der Waals surface area (Å²) in [7, 11) is 0. The SMILES string of the molecule is [2H]C1Cc2ccc(c(Br)c2)Oc2cc(cc(Br)c2O)CCNC(=O)/C(=N/O)Cc2cc(Br)c(c(Br)c2)Oc2cc(cc(Br)c2O)C/C(=N\O)C(=O)N1. The Hall–Kier alpha value is -3.64. The number of aromatic hydroxyl groups is 2. The predicted octanol–water partition coefficient (Wildman–Crippen LogP) is 8.27. The fourth-order valence-electron chi connectivity index (χ4n) is 4.93. The van der Waals surface area contributed by atoms with Gasteiger partial charge in [0.1, 0.15) is 17.2 Å². The lowest BCUT2D eigenvalue weighted by molar-refractivity contribution is -0.115. The second-order valence-electron chi connectivity index (χ2n) is 11.0. The summed E-state index contributed by atoms with van der Waals surface area (Å²) in [6.45, 7) is -0.948. The minimum absolute atomic E-state index is 0.00511. The van der Waals surface area contributed by atoms with Crippen LogP contribution in [0.15, 0.2) is 87.3 Å². The predicted molar refractivity (Wildman–Crippen MR) is 207 cm³/mol. The first kappa shape index (κ1) is 37.1. The van der Waals surface area contributed by atoms with Gasteiger partial charge < -0.3 is 40.7 Å². The molecule has 0 saturated heterocycles. The summed E-state index contributed by atoms with van der Waals surface area (Å²) in [4.78, 5) is 26.1. The van der Waals surface area contributed by atoms with Gasteiger partial charge in [-0.2, -0.15) is 0 Å². The van der Waals surface area contributed by atoms with Crippen LogP contribution in [-0.4, -0.2) is 56.9 Å². The van der Waals surface area contributed by atoms with Crippen molar-refractivity contribution >= 4 is 103 Å². The molecule has 8 rings (SSSR count). The number of carbonyl (C=O) groups is 2. The van der Waals surface area contributed by atoms with E-state index in [4.69, 9.17) is 10.8 Å². The van der Waals surface area contributed by atoms with Gasteiger partial charge in [0.25, 0.3) is 11.8 Å². The Morgan fingerprint density at radius 3 is 1.73 bits per heavy atom. The van der Waals surface area contributed by atoms with Crippen molar-refractivity contribution in [3.63, 3.8) is 0 Å². The molecule has 0 aromatic heterocycles. The summed E-state index contributed by atoms with van der Waals surface area (Å²) in [6.07, 6.45) is 0.202. The molecule has 17 heteroatoms. The third-order valence-corrected chi connectivity index (χ3v) is 10.4. The maximum atomic E-state index is 13.1. The molecule has 2 amide bonds. The summed E-state index contributed by atoms with van der Waals surface area (Å²) in [6, 6.07) is 14.7. The zero-order valence-corrected chi connectivity index (χ0v) is 33.9. The Kier molecular flexibility index (Phi) is 12.6. The van der Waals surface area contributed by atoms with E-state index in [0.29, 0.717) is 52.3 Å². The number of phenolic OH excluding ortho intramolecular Hbond substituents is 2. The molecule has 1 unspecified atom stereocenters. The Morgan fingerprint density at radius 1 is 0.608 bits per heavy atom. The molecule has 1 atom stereocenters. The van der Waals surface area contributed by atoms with Gasteiger partial charge >= 0.3 is 0 Å². The number of aryl methyl sites for hydroxylation is 1.